The lowest BCUT2D eigenvalue weighted by Crippen LogP contribution is -2.66. The lowest BCUT2D eigenvalue weighted by Gasteiger charge is -2.62. The summed E-state index contributed by atoms with van der Waals surface area (Å²) < 4.78 is 61.5. The van der Waals surface area contributed by atoms with E-state index in [1.54, 1.807) is 0 Å². The van der Waals surface area contributed by atoms with E-state index in [9.17, 15) is 18.4 Å². The van der Waals surface area contributed by atoms with Gasteiger partial charge in [-0.3, -0.25) is 4.79 Å². The number of carbonyl (C=O) groups excluding carboxylic acids is 2. The van der Waals surface area contributed by atoms with Crippen molar-refractivity contribution in [2.45, 2.75) is 81.1 Å². The van der Waals surface area contributed by atoms with Gasteiger partial charge in [0.05, 0.1) is 0 Å². The van der Waals surface area contributed by atoms with Crippen LogP contribution in [0.25, 0.3) is 0 Å². The lowest BCUT2D eigenvalue weighted by atomic mass is 9.51. The van der Waals surface area contributed by atoms with Gasteiger partial charge in [0.1, 0.15) is 23.7 Å². The van der Waals surface area contributed by atoms with Crippen LogP contribution in [0.4, 0.5) is 8.78 Å². The van der Waals surface area contributed by atoms with E-state index in [2.05, 4.69) is 0 Å². The fourth-order valence-electron chi connectivity index (χ4n) is 6.91. The number of methoxy groups -OCH3 is 1. The standard InChI is InChI=1S/C20H24F2O8/c1-18(21,22)17(24)30-19-5-8-3-9(6-19)20(10(4-8)7-19)28-13-11-12(26-16(13)29-20)15(25-2)27-14(11)23/h8-13,15-16H,3-7H2,1-2H3. The maximum Gasteiger partial charge on any atom is 0.377 e. The number of carbonyl (C=O) groups is 2. The van der Waals surface area contributed by atoms with Crippen LogP contribution in [-0.4, -0.2) is 61.1 Å². The minimum absolute atomic E-state index is 0.120. The molecule has 30 heavy (non-hydrogen) atoms. The Hall–Kier alpha value is -1.36. The van der Waals surface area contributed by atoms with Crippen molar-refractivity contribution in [2.24, 2.45) is 23.7 Å². The topological polar surface area (TPSA) is 89.5 Å². The number of rotatable bonds is 3. The van der Waals surface area contributed by atoms with E-state index in [0.29, 0.717) is 26.2 Å². The first kappa shape index (κ1) is 19.3. The van der Waals surface area contributed by atoms with Gasteiger partial charge in [0.25, 0.3) is 0 Å². The van der Waals surface area contributed by atoms with Crippen LogP contribution in [-0.2, 0) is 38.0 Å². The van der Waals surface area contributed by atoms with E-state index in [1.165, 1.54) is 7.11 Å². The number of hydrogen-bond donors (Lipinski definition) is 0. The Bertz CT molecular complexity index is 780. The molecular formula is C20H24F2O8. The summed E-state index contributed by atoms with van der Waals surface area (Å²) in [5.41, 5.74) is -0.903. The molecule has 0 N–H and O–H groups in total. The Morgan fingerprint density at radius 1 is 1.13 bits per heavy atom. The quantitative estimate of drug-likeness (QED) is 0.626. The highest BCUT2D eigenvalue weighted by Gasteiger charge is 2.73. The molecule has 3 aliphatic heterocycles. The van der Waals surface area contributed by atoms with Crippen molar-refractivity contribution < 1.29 is 46.8 Å². The van der Waals surface area contributed by atoms with Crippen LogP contribution in [0.2, 0.25) is 0 Å². The molecule has 3 heterocycles. The Morgan fingerprint density at radius 3 is 2.47 bits per heavy atom. The molecule has 7 aliphatic rings. The van der Waals surface area contributed by atoms with Gasteiger partial charge in [0.2, 0.25) is 6.29 Å². The molecule has 4 saturated carbocycles. The molecule has 166 valence electrons. The second kappa shape index (κ2) is 5.90. The summed E-state index contributed by atoms with van der Waals surface area (Å²) in [6.07, 6.45) is 0.335. The molecule has 0 aromatic carbocycles. The van der Waals surface area contributed by atoms with Crippen LogP contribution in [0.5, 0.6) is 0 Å². The molecule has 0 aromatic heterocycles. The SMILES string of the molecule is COC1OC(=O)C2C1OC1OC3(OC12)C1CC2CC3CC(OC(=O)C(C)(F)F)(C2)C1. The van der Waals surface area contributed by atoms with Crippen molar-refractivity contribution in [3.63, 3.8) is 0 Å². The molecule has 0 amide bonds. The normalized spacial score (nSPS) is 53.1. The van der Waals surface area contributed by atoms with Gasteiger partial charge < -0.3 is 28.4 Å². The molecule has 7 fully saturated rings. The third-order valence-electron chi connectivity index (χ3n) is 7.83. The second-order valence-corrected chi connectivity index (χ2v) is 9.76. The Balaban J connectivity index is 1.25. The summed E-state index contributed by atoms with van der Waals surface area (Å²) in [6, 6.07) is 0. The summed E-state index contributed by atoms with van der Waals surface area (Å²) in [4.78, 5) is 24.3. The summed E-state index contributed by atoms with van der Waals surface area (Å²) in [7, 11) is 1.44. The highest BCUT2D eigenvalue weighted by atomic mass is 19.3. The number of alkyl halides is 2. The van der Waals surface area contributed by atoms with Crippen LogP contribution in [0.15, 0.2) is 0 Å². The monoisotopic (exact) mass is 430 g/mol. The van der Waals surface area contributed by atoms with Gasteiger partial charge in [-0.15, -0.1) is 0 Å². The zero-order chi connectivity index (χ0) is 21.1. The molecule has 3 saturated heterocycles. The average Bonchev–Trinajstić information content (AvgIpc) is 3.27. The Morgan fingerprint density at radius 2 is 1.83 bits per heavy atom. The summed E-state index contributed by atoms with van der Waals surface area (Å²) in [5, 5.41) is 0. The maximum absolute atomic E-state index is 13.5. The van der Waals surface area contributed by atoms with Gasteiger partial charge in [0, 0.05) is 25.9 Å². The molecule has 0 radical (unpaired) electrons. The molecule has 7 rings (SSSR count). The molecule has 1 spiro atoms. The highest BCUT2D eigenvalue weighted by Crippen LogP contribution is 2.66. The number of esters is 2. The molecule has 7 atom stereocenters. The molecule has 0 aromatic rings. The minimum Gasteiger partial charge on any atom is -0.455 e. The molecule has 8 nitrogen and oxygen atoms in total. The minimum atomic E-state index is -3.53. The molecule has 4 bridgehead atoms. The maximum atomic E-state index is 13.5. The van der Waals surface area contributed by atoms with Gasteiger partial charge >= 0.3 is 17.9 Å². The van der Waals surface area contributed by atoms with Gasteiger partial charge in [0.15, 0.2) is 12.1 Å². The predicted octanol–water partition coefficient (Wildman–Crippen LogP) is 1.75. The Labute approximate surface area is 171 Å². The van der Waals surface area contributed by atoms with Crippen molar-refractivity contribution in [1.82, 2.24) is 0 Å². The van der Waals surface area contributed by atoms with Crippen molar-refractivity contribution in [3.05, 3.63) is 0 Å². The van der Waals surface area contributed by atoms with Crippen LogP contribution in [0.3, 0.4) is 0 Å². The fraction of sp³-hybridized carbons (Fsp3) is 0.900. The summed E-state index contributed by atoms with van der Waals surface area (Å²) in [6.45, 7) is 0.559. The summed E-state index contributed by atoms with van der Waals surface area (Å²) >= 11 is 0. The van der Waals surface area contributed by atoms with E-state index < -0.39 is 60.0 Å². The van der Waals surface area contributed by atoms with Crippen molar-refractivity contribution in [3.8, 4) is 0 Å². The van der Waals surface area contributed by atoms with E-state index in [1.807, 2.05) is 0 Å². The highest BCUT2D eigenvalue weighted by molar-refractivity contribution is 5.77. The number of cyclic esters (lactones) is 1. The largest absolute Gasteiger partial charge is 0.455 e. The van der Waals surface area contributed by atoms with Crippen LogP contribution < -0.4 is 0 Å². The van der Waals surface area contributed by atoms with Gasteiger partial charge in [-0.2, -0.15) is 8.78 Å². The third-order valence-corrected chi connectivity index (χ3v) is 7.83. The third kappa shape index (κ3) is 2.44. The van der Waals surface area contributed by atoms with Crippen molar-refractivity contribution >= 4 is 11.9 Å². The first-order valence-electron chi connectivity index (χ1n) is 10.5. The smallest absolute Gasteiger partial charge is 0.377 e. The van der Waals surface area contributed by atoms with Crippen LogP contribution in [0, 0.1) is 23.7 Å². The van der Waals surface area contributed by atoms with E-state index in [0.717, 1.165) is 12.8 Å². The zero-order valence-corrected chi connectivity index (χ0v) is 16.7. The van der Waals surface area contributed by atoms with Crippen LogP contribution >= 0.6 is 0 Å². The number of hydrogen-bond acceptors (Lipinski definition) is 8. The summed E-state index contributed by atoms with van der Waals surface area (Å²) in [5.74, 6) is -6.98. The molecule has 4 aliphatic carbocycles. The van der Waals surface area contributed by atoms with E-state index in [4.69, 9.17) is 28.4 Å². The predicted molar refractivity (Wildman–Crippen MR) is 90.7 cm³/mol. The van der Waals surface area contributed by atoms with Crippen LogP contribution in [0.1, 0.15) is 39.0 Å². The molecular weight excluding hydrogens is 406 g/mol. The first-order valence-corrected chi connectivity index (χ1v) is 10.5. The lowest BCUT2D eigenvalue weighted by molar-refractivity contribution is -0.344. The van der Waals surface area contributed by atoms with E-state index in [-0.39, 0.29) is 17.8 Å². The zero-order valence-electron chi connectivity index (χ0n) is 16.7. The van der Waals surface area contributed by atoms with Gasteiger partial charge in [-0.25, -0.2) is 4.79 Å². The van der Waals surface area contributed by atoms with Gasteiger partial charge in [-0.1, -0.05) is 0 Å². The first-order chi connectivity index (χ1) is 14.1. The van der Waals surface area contributed by atoms with Gasteiger partial charge in [-0.05, 0) is 38.0 Å². The van der Waals surface area contributed by atoms with E-state index >= 15 is 0 Å². The molecule has 10 heteroatoms. The fourth-order valence-corrected chi connectivity index (χ4v) is 6.91. The average molecular weight is 430 g/mol. The Kier molecular flexibility index (Phi) is 3.81. The van der Waals surface area contributed by atoms with Crippen molar-refractivity contribution in [1.29, 1.82) is 0 Å². The number of halogens is 2. The number of ether oxygens (including phenoxy) is 6. The molecule has 7 unspecified atom stereocenters. The second-order valence-electron chi connectivity index (χ2n) is 9.76. The van der Waals surface area contributed by atoms with Crippen molar-refractivity contribution in [2.75, 3.05) is 7.11 Å². The number of fused-ring (bicyclic) bond motifs is 3.